The average molecular weight is 392 g/mol. The van der Waals surface area contributed by atoms with Crippen LogP contribution in [0.1, 0.15) is 20.8 Å². The van der Waals surface area contributed by atoms with E-state index in [9.17, 15) is 19.7 Å². The van der Waals surface area contributed by atoms with Gasteiger partial charge in [0.15, 0.2) is 6.54 Å². The molecule has 28 heavy (non-hydrogen) atoms. The molecule has 9 heteroatoms. The number of nitrogens with zero attached hydrogens (tertiary/aromatic N) is 3. The molecule has 1 fully saturated rings. The molecule has 1 aliphatic rings. The number of rotatable bonds is 6. The molecule has 9 nitrogen and oxygen atoms in total. The molecule has 1 aromatic carbocycles. The largest absolute Gasteiger partial charge is 0.360 e. The normalized spacial score (nSPS) is 15.2. The highest BCUT2D eigenvalue weighted by Gasteiger charge is 2.25. The van der Waals surface area contributed by atoms with E-state index in [4.69, 9.17) is 0 Å². The summed E-state index contributed by atoms with van der Waals surface area (Å²) in [5.74, 6) is -0.218. The second-order valence-corrected chi connectivity index (χ2v) is 8.24. The van der Waals surface area contributed by atoms with Crippen LogP contribution < -0.4 is 15.1 Å². The highest BCUT2D eigenvalue weighted by atomic mass is 16.6. The SMILES string of the molecule is CN(CC(=O)NC(C)(C)C)C(=O)C[NH+]1CCN(c2ccc([N+](=O)[O-])cc2)CC1. The number of anilines is 1. The number of quaternary nitrogens is 1. The molecule has 0 atom stereocenters. The van der Waals surface area contributed by atoms with Crippen LogP contribution in [0.25, 0.3) is 0 Å². The first-order chi connectivity index (χ1) is 13.0. The number of benzene rings is 1. The first kappa shape index (κ1) is 21.6. The smallest absolute Gasteiger partial charge is 0.277 e. The zero-order chi connectivity index (χ0) is 20.9. The van der Waals surface area contributed by atoms with Gasteiger partial charge in [0.25, 0.3) is 11.6 Å². The summed E-state index contributed by atoms with van der Waals surface area (Å²) in [6.45, 7) is 9.26. The summed E-state index contributed by atoms with van der Waals surface area (Å²) in [4.78, 5) is 39.5. The highest BCUT2D eigenvalue weighted by Crippen LogP contribution is 2.19. The van der Waals surface area contributed by atoms with E-state index >= 15 is 0 Å². The molecule has 2 N–H and O–H groups in total. The molecule has 1 aromatic rings. The van der Waals surface area contributed by atoms with E-state index in [2.05, 4.69) is 10.2 Å². The summed E-state index contributed by atoms with van der Waals surface area (Å²) in [5, 5.41) is 13.6. The third kappa shape index (κ3) is 6.49. The first-order valence-corrected chi connectivity index (χ1v) is 9.43. The predicted molar refractivity (Wildman–Crippen MR) is 106 cm³/mol. The summed E-state index contributed by atoms with van der Waals surface area (Å²) >= 11 is 0. The second-order valence-electron chi connectivity index (χ2n) is 8.24. The van der Waals surface area contributed by atoms with Crippen LogP contribution in [0.5, 0.6) is 0 Å². The number of hydrogen-bond donors (Lipinski definition) is 2. The zero-order valence-electron chi connectivity index (χ0n) is 17.0. The van der Waals surface area contributed by atoms with Gasteiger partial charge in [0.2, 0.25) is 5.91 Å². The summed E-state index contributed by atoms with van der Waals surface area (Å²) < 4.78 is 0. The number of hydrogen-bond acceptors (Lipinski definition) is 5. The molecule has 0 aromatic heterocycles. The molecule has 0 spiro atoms. The Morgan fingerprint density at radius 3 is 2.29 bits per heavy atom. The van der Waals surface area contributed by atoms with Gasteiger partial charge in [-0.3, -0.25) is 19.7 Å². The van der Waals surface area contributed by atoms with Crippen molar-refractivity contribution in [1.82, 2.24) is 10.2 Å². The molecule has 0 saturated carbocycles. The van der Waals surface area contributed by atoms with Crippen LogP contribution in [0.2, 0.25) is 0 Å². The van der Waals surface area contributed by atoms with Gasteiger partial charge in [-0.25, -0.2) is 0 Å². The minimum absolute atomic E-state index is 0.0529. The van der Waals surface area contributed by atoms with Crippen LogP contribution in [0.15, 0.2) is 24.3 Å². The van der Waals surface area contributed by atoms with Gasteiger partial charge in [0, 0.05) is 30.4 Å². The van der Waals surface area contributed by atoms with Crippen molar-refractivity contribution in [2.24, 2.45) is 0 Å². The molecule has 1 saturated heterocycles. The summed E-state index contributed by atoms with van der Waals surface area (Å²) in [5.41, 5.74) is 0.713. The Labute approximate surface area is 165 Å². The number of carbonyl (C=O) groups excluding carboxylic acids is 2. The number of nitro groups is 1. The van der Waals surface area contributed by atoms with Crippen molar-refractivity contribution in [1.29, 1.82) is 0 Å². The van der Waals surface area contributed by atoms with E-state index in [0.717, 1.165) is 31.9 Å². The first-order valence-electron chi connectivity index (χ1n) is 9.43. The van der Waals surface area contributed by atoms with E-state index in [1.165, 1.54) is 21.9 Å². The Bertz CT molecular complexity index is 706. The Balaban J connectivity index is 1.79. The standard InChI is InChI=1S/C19H29N5O4/c1-19(2,3)20-17(25)13-21(4)18(26)14-22-9-11-23(12-10-22)15-5-7-16(8-6-15)24(27)28/h5-8H,9-14H2,1-4H3,(H,20,25)/p+1. The molecule has 2 rings (SSSR count). The maximum atomic E-state index is 12.4. The Morgan fingerprint density at radius 1 is 1.21 bits per heavy atom. The molecular weight excluding hydrogens is 362 g/mol. The quantitative estimate of drug-likeness (QED) is 0.510. The van der Waals surface area contributed by atoms with Crippen molar-refractivity contribution in [3.63, 3.8) is 0 Å². The van der Waals surface area contributed by atoms with Crippen molar-refractivity contribution in [2.75, 3.05) is 51.2 Å². The highest BCUT2D eigenvalue weighted by molar-refractivity contribution is 5.85. The van der Waals surface area contributed by atoms with Crippen molar-refractivity contribution in [2.45, 2.75) is 26.3 Å². The molecule has 154 valence electrons. The number of amides is 2. The molecule has 0 aliphatic carbocycles. The molecule has 1 aliphatic heterocycles. The Kier molecular flexibility index (Phi) is 6.95. The lowest BCUT2D eigenvalue weighted by molar-refractivity contribution is -0.892. The minimum atomic E-state index is -0.407. The van der Waals surface area contributed by atoms with Gasteiger partial charge in [0.1, 0.15) is 0 Å². The lowest BCUT2D eigenvalue weighted by atomic mass is 10.1. The third-order valence-corrected chi connectivity index (χ3v) is 4.62. The van der Waals surface area contributed by atoms with Gasteiger partial charge < -0.3 is 20.0 Å². The lowest BCUT2D eigenvalue weighted by Crippen LogP contribution is -3.15. The van der Waals surface area contributed by atoms with Crippen molar-refractivity contribution in [3.05, 3.63) is 34.4 Å². The van der Waals surface area contributed by atoms with Crippen LogP contribution in [-0.4, -0.2) is 73.5 Å². The third-order valence-electron chi connectivity index (χ3n) is 4.62. The molecule has 2 amide bonds. The second kappa shape index (κ2) is 9.01. The minimum Gasteiger partial charge on any atom is -0.360 e. The molecule has 0 bridgehead atoms. The van der Waals surface area contributed by atoms with Crippen molar-refractivity contribution >= 4 is 23.2 Å². The van der Waals surface area contributed by atoms with E-state index in [0.29, 0.717) is 6.54 Å². The number of nitrogens with one attached hydrogen (secondary N) is 2. The van der Waals surface area contributed by atoms with Gasteiger partial charge in [-0.15, -0.1) is 0 Å². The fourth-order valence-electron chi connectivity index (χ4n) is 3.15. The maximum Gasteiger partial charge on any atom is 0.277 e. The van der Waals surface area contributed by atoms with Gasteiger partial charge in [-0.05, 0) is 32.9 Å². The van der Waals surface area contributed by atoms with Crippen LogP contribution in [0.4, 0.5) is 11.4 Å². The molecular formula is C19H30N5O4+. The number of nitro benzene ring substituents is 1. The monoisotopic (exact) mass is 392 g/mol. The molecule has 1 heterocycles. The van der Waals surface area contributed by atoms with Crippen LogP contribution in [0, 0.1) is 10.1 Å². The number of piperazine rings is 1. The summed E-state index contributed by atoms with van der Waals surface area (Å²) in [6.07, 6.45) is 0. The molecule has 0 radical (unpaired) electrons. The van der Waals surface area contributed by atoms with Crippen LogP contribution in [0.3, 0.4) is 0 Å². The number of likely N-dealkylation sites (N-methyl/N-ethyl adjacent to an activating group) is 1. The number of carbonyl (C=O) groups is 2. The van der Waals surface area contributed by atoms with E-state index in [1.54, 1.807) is 19.2 Å². The van der Waals surface area contributed by atoms with Gasteiger partial charge in [-0.1, -0.05) is 0 Å². The van der Waals surface area contributed by atoms with Crippen molar-refractivity contribution < 1.29 is 19.4 Å². The summed E-state index contributed by atoms with van der Waals surface area (Å²) in [6, 6.07) is 6.54. The topological polar surface area (TPSA) is 100 Å². The Hall–Kier alpha value is -2.68. The number of non-ortho nitro benzene ring substituents is 1. The summed E-state index contributed by atoms with van der Waals surface area (Å²) in [7, 11) is 1.65. The van der Waals surface area contributed by atoms with E-state index in [1.807, 2.05) is 20.8 Å². The fourth-order valence-corrected chi connectivity index (χ4v) is 3.15. The van der Waals surface area contributed by atoms with Crippen LogP contribution >= 0.6 is 0 Å². The average Bonchev–Trinajstić information content (AvgIpc) is 2.60. The lowest BCUT2D eigenvalue weighted by Gasteiger charge is -2.34. The Morgan fingerprint density at radius 2 is 1.79 bits per heavy atom. The fraction of sp³-hybridized carbons (Fsp3) is 0.579. The molecule has 0 unspecified atom stereocenters. The van der Waals surface area contributed by atoms with Gasteiger partial charge in [-0.2, -0.15) is 0 Å². The van der Waals surface area contributed by atoms with Gasteiger partial charge >= 0.3 is 0 Å². The maximum absolute atomic E-state index is 12.4. The van der Waals surface area contributed by atoms with E-state index in [-0.39, 0.29) is 29.6 Å². The zero-order valence-corrected chi connectivity index (χ0v) is 17.0. The van der Waals surface area contributed by atoms with Gasteiger partial charge in [0.05, 0.1) is 37.6 Å². The van der Waals surface area contributed by atoms with E-state index < -0.39 is 4.92 Å². The predicted octanol–water partition coefficient (Wildman–Crippen LogP) is -0.327. The van der Waals surface area contributed by atoms with Crippen LogP contribution in [-0.2, 0) is 9.59 Å². The van der Waals surface area contributed by atoms with Crippen molar-refractivity contribution in [3.8, 4) is 0 Å².